The zero-order valence-corrected chi connectivity index (χ0v) is 12.2. The Morgan fingerprint density at radius 2 is 2.00 bits per heavy atom. The van der Waals surface area contributed by atoms with Crippen LogP contribution in [-0.4, -0.2) is 10.9 Å². The summed E-state index contributed by atoms with van der Waals surface area (Å²) >= 11 is 6.08. The van der Waals surface area contributed by atoms with E-state index in [1.165, 1.54) is 0 Å². The molecule has 0 unspecified atom stereocenters. The molecule has 0 spiro atoms. The predicted molar refractivity (Wildman–Crippen MR) is 84.9 cm³/mol. The van der Waals surface area contributed by atoms with E-state index in [-0.39, 0.29) is 11.8 Å². The van der Waals surface area contributed by atoms with Crippen molar-refractivity contribution < 1.29 is 4.79 Å². The highest BCUT2D eigenvalue weighted by molar-refractivity contribution is 6.33. The lowest BCUT2D eigenvalue weighted by Crippen LogP contribution is -2.28. The molecule has 1 aromatic carbocycles. The number of amides is 1. The Hall–Kier alpha value is -2.07. The van der Waals surface area contributed by atoms with Crippen molar-refractivity contribution >= 4 is 34.7 Å². The summed E-state index contributed by atoms with van der Waals surface area (Å²) in [6.45, 7) is 0. The van der Waals surface area contributed by atoms with Crippen LogP contribution in [-0.2, 0) is 4.79 Å². The second kappa shape index (κ2) is 6.14. The van der Waals surface area contributed by atoms with Gasteiger partial charge in [0.05, 0.1) is 22.6 Å². The van der Waals surface area contributed by atoms with Gasteiger partial charge in [-0.15, -0.1) is 0 Å². The van der Waals surface area contributed by atoms with Gasteiger partial charge in [-0.3, -0.25) is 4.79 Å². The number of hydrogen-bond donors (Lipinski definition) is 2. The Kier molecular flexibility index (Phi) is 4.06. The molecule has 1 fully saturated rings. The maximum atomic E-state index is 11.8. The molecule has 3 rings (SSSR count). The summed E-state index contributed by atoms with van der Waals surface area (Å²) in [6.07, 6.45) is 4.78. The average Bonchev–Trinajstić information content (AvgIpc) is 2.41. The number of benzene rings is 1. The monoisotopic (exact) mass is 301 g/mol. The van der Waals surface area contributed by atoms with Gasteiger partial charge in [0, 0.05) is 5.92 Å². The first-order valence-corrected chi connectivity index (χ1v) is 7.38. The van der Waals surface area contributed by atoms with Crippen LogP contribution in [0.15, 0.2) is 42.6 Å². The highest BCUT2D eigenvalue weighted by atomic mass is 35.5. The number of nitrogens with one attached hydrogen (secondary N) is 2. The Morgan fingerprint density at radius 3 is 2.62 bits per heavy atom. The molecule has 1 saturated carbocycles. The second-order valence-electron chi connectivity index (χ2n) is 5.15. The molecule has 108 valence electrons. The van der Waals surface area contributed by atoms with E-state index in [2.05, 4.69) is 15.6 Å². The van der Waals surface area contributed by atoms with Gasteiger partial charge in [-0.1, -0.05) is 30.2 Å². The van der Waals surface area contributed by atoms with Gasteiger partial charge >= 0.3 is 0 Å². The van der Waals surface area contributed by atoms with E-state index in [4.69, 9.17) is 11.6 Å². The predicted octanol–water partition coefficient (Wildman–Crippen LogP) is 4.22. The largest absolute Gasteiger partial charge is 0.339 e. The molecule has 4 nitrogen and oxygen atoms in total. The van der Waals surface area contributed by atoms with Crippen molar-refractivity contribution in [3.05, 3.63) is 47.6 Å². The molecule has 0 radical (unpaired) electrons. The molecule has 0 bridgehead atoms. The summed E-state index contributed by atoms with van der Waals surface area (Å²) < 4.78 is 0. The third-order valence-corrected chi connectivity index (χ3v) is 3.97. The molecule has 0 atom stereocenters. The number of nitrogens with zero attached hydrogens (tertiary/aromatic N) is 1. The minimum absolute atomic E-state index is 0.0925. The SMILES string of the molecule is O=C(Nc1ccc(Nc2ccccc2Cl)nc1)C1CCC1. The van der Waals surface area contributed by atoms with E-state index in [9.17, 15) is 4.79 Å². The topological polar surface area (TPSA) is 54.0 Å². The van der Waals surface area contributed by atoms with Crippen LogP contribution in [0.4, 0.5) is 17.2 Å². The third kappa shape index (κ3) is 3.34. The third-order valence-electron chi connectivity index (χ3n) is 3.64. The van der Waals surface area contributed by atoms with Gasteiger partial charge in [-0.2, -0.15) is 0 Å². The van der Waals surface area contributed by atoms with Gasteiger partial charge < -0.3 is 10.6 Å². The Labute approximate surface area is 128 Å². The highest BCUT2D eigenvalue weighted by Crippen LogP contribution is 2.28. The van der Waals surface area contributed by atoms with Crippen LogP contribution >= 0.6 is 11.6 Å². The summed E-state index contributed by atoms with van der Waals surface area (Å²) in [5.41, 5.74) is 1.52. The standard InChI is InChI=1S/C16H16ClN3O/c17-13-6-1-2-7-14(13)20-15-9-8-12(10-18-15)19-16(21)11-4-3-5-11/h1-2,6-11H,3-5H2,(H,18,20)(H,19,21). The molecule has 5 heteroatoms. The summed E-state index contributed by atoms with van der Waals surface area (Å²) in [6, 6.07) is 11.1. The van der Waals surface area contributed by atoms with Gasteiger partial charge in [-0.25, -0.2) is 4.98 Å². The number of rotatable bonds is 4. The molecule has 1 amide bonds. The average molecular weight is 302 g/mol. The lowest BCUT2D eigenvalue weighted by atomic mass is 9.85. The maximum Gasteiger partial charge on any atom is 0.227 e. The number of aromatic nitrogens is 1. The molecule has 1 aliphatic rings. The smallest absolute Gasteiger partial charge is 0.227 e. The van der Waals surface area contributed by atoms with Crippen molar-refractivity contribution in [2.75, 3.05) is 10.6 Å². The minimum Gasteiger partial charge on any atom is -0.339 e. The lowest BCUT2D eigenvalue weighted by Gasteiger charge is -2.23. The summed E-state index contributed by atoms with van der Waals surface area (Å²) in [7, 11) is 0. The van der Waals surface area contributed by atoms with E-state index in [0.29, 0.717) is 10.8 Å². The van der Waals surface area contributed by atoms with Crippen LogP contribution in [0.5, 0.6) is 0 Å². The summed E-state index contributed by atoms with van der Waals surface area (Å²) in [4.78, 5) is 16.1. The molecule has 0 aliphatic heterocycles. The van der Waals surface area contributed by atoms with Crippen LogP contribution in [0.3, 0.4) is 0 Å². The molecule has 0 saturated heterocycles. The normalized spacial score (nSPS) is 14.3. The van der Waals surface area contributed by atoms with E-state index >= 15 is 0 Å². The Morgan fingerprint density at radius 1 is 1.19 bits per heavy atom. The molecular formula is C16H16ClN3O. The van der Waals surface area contributed by atoms with E-state index in [1.54, 1.807) is 6.20 Å². The summed E-state index contributed by atoms with van der Waals surface area (Å²) in [5.74, 6) is 0.950. The number of anilines is 3. The van der Waals surface area contributed by atoms with Crippen LogP contribution < -0.4 is 10.6 Å². The Bertz CT molecular complexity index is 638. The fraction of sp³-hybridized carbons (Fsp3) is 0.250. The minimum atomic E-state index is 0.0925. The fourth-order valence-corrected chi connectivity index (χ4v) is 2.34. The molecular weight excluding hydrogens is 286 g/mol. The van der Waals surface area contributed by atoms with Gasteiger partial charge in [0.1, 0.15) is 5.82 Å². The first kappa shape index (κ1) is 13.9. The fourth-order valence-electron chi connectivity index (χ4n) is 2.16. The number of para-hydroxylation sites is 1. The lowest BCUT2D eigenvalue weighted by molar-refractivity contribution is -0.122. The van der Waals surface area contributed by atoms with Crippen molar-refractivity contribution in [3.63, 3.8) is 0 Å². The van der Waals surface area contributed by atoms with Gasteiger partial charge in [0.25, 0.3) is 0 Å². The van der Waals surface area contributed by atoms with Crippen molar-refractivity contribution in [2.24, 2.45) is 5.92 Å². The first-order valence-electron chi connectivity index (χ1n) is 7.01. The molecule has 2 aromatic rings. The molecule has 1 aliphatic carbocycles. The van der Waals surface area contributed by atoms with Crippen LogP contribution in [0, 0.1) is 5.92 Å². The number of pyridine rings is 1. The van der Waals surface area contributed by atoms with Crippen LogP contribution in [0.1, 0.15) is 19.3 Å². The quantitative estimate of drug-likeness (QED) is 0.889. The number of carbonyl (C=O) groups excluding carboxylic acids is 1. The van der Waals surface area contributed by atoms with Crippen molar-refractivity contribution in [1.82, 2.24) is 4.98 Å². The van der Waals surface area contributed by atoms with Crippen LogP contribution in [0.2, 0.25) is 5.02 Å². The van der Waals surface area contributed by atoms with Gasteiger partial charge in [0.2, 0.25) is 5.91 Å². The zero-order chi connectivity index (χ0) is 14.7. The van der Waals surface area contributed by atoms with Crippen molar-refractivity contribution in [3.8, 4) is 0 Å². The molecule has 1 heterocycles. The van der Waals surface area contributed by atoms with Gasteiger partial charge in [-0.05, 0) is 37.1 Å². The van der Waals surface area contributed by atoms with Crippen molar-refractivity contribution in [2.45, 2.75) is 19.3 Å². The Balaban J connectivity index is 1.64. The first-order chi connectivity index (χ1) is 10.2. The second-order valence-corrected chi connectivity index (χ2v) is 5.56. The van der Waals surface area contributed by atoms with Crippen molar-refractivity contribution in [1.29, 1.82) is 0 Å². The van der Waals surface area contributed by atoms with E-state index in [1.807, 2.05) is 36.4 Å². The maximum absolute atomic E-state index is 11.8. The van der Waals surface area contributed by atoms with E-state index < -0.39 is 0 Å². The number of halogens is 1. The van der Waals surface area contributed by atoms with Gasteiger partial charge in [0.15, 0.2) is 0 Å². The molecule has 21 heavy (non-hydrogen) atoms. The molecule has 1 aromatic heterocycles. The summed E-state index contributed by atoms with van der Waals surface area (Å²) in [5, 5.41) is 6.67. The number of hydrogen-bond acceptors (Lipinski definition) is 3. The molecule has 2 N–H and O–H groups in total. The van der Waals surface area contributed by atoms with Crippen LogP contribution in [0.25, 0.3) is 0 Å². The zero-order valence-electron chi connectivity index (χ0n) is 11.5. The highest BCUT2D eigenvalue weighted by Gasteiger charge is 2.25. The number of carbonyl (C=O) groups is 1. The van der Waals surface area contributed by atoms with E-state index in [0.717, 1.165) is 30.6 Å².